The molecule has 98 valence electrons. The van der Waals surface area contributed by atoms with Crippen LogP contribution in [0.25, 0.3) is 0 Å². The van der Waals surface area contributed by atoms with Crippen molar-refractivity contribution in [1.29, 1.82) is 0 Å². The van der Waals surface area contributed by atoms with Gasteiger partial charge in [-0.1, -0.05) is 24.4 Å². The fourth-order valence-corrected chi connectivity index (χ4v) is 2.60. The number of nitrogens with two attached hydrogens (primary N) is 1. The molecule has 1 amide bonds. The molecule has 0 saturated heterocycles. The maximum atomic E-state index is 12.2. The van der Waals surface area contributed by atoms with Gasteiger partial charge in [-0.2, -0.15) is 0 Å². The molecule has 0 bridgehead atoms. The van der Waals surface area contributed by atoms with Gasteiger partial charge in [0.25, 0.3) is 0 Å². The molecular formula is C12H17ClN4O. The number of carbonyl (C=O) groups excluding carboxylic acids is 1. The van der Waals surface area contributed by atoms with Crippen LogP contribution in [0.2, 0.25) is 5.15 Å². The van der Waals surface area contributed by atoms with Crippen molar-refractivity contribution in [3.63, 3.8) is 0 Å². The molecule has 1 aliphatic rings. The van der Waals surface area contributed by atoms with E-state index in [1.54, 1.807) is 6.07 Å². The number of hydrogen-bond acceptors (Lipinski definition) is 4. The lowest BCUT2D eigenvalue weighted by molar-refractivity contribution is -0.122. The highest BCUT2D eigenvalue weighted by atomic mass is 35.5. The molecule has 18 heavy (non-hydrogen) atoms. The lowest BCUT2D eigenvalue weighted by atomic mass is 9.79. The molecule has 1 fully saturated rings. The van der Waals surface area contributed by atoms with Crippen LogP contribution in [0.1, 0.15) is 25.7 Å². The third-order valence-electron chi connectivity index (χ3n) is 3.43. The minimum absolute atomic E-state index is 0.0140. The number of carbonyl (C=O) groups is 1. The Kier molecular flexibility index (Phi) is 4.49. The summed E-state index contributed by atoms with van der Waals surface area (Å²) in [5.74, 6) is 0.690. The number of halogens is 1. The summed E-state index contributed by atoms with van der Waals surface area (Å²) >= 11 is 5.75. The smallest absolute Gasteiger partial charge is 0.228 e. The van der Waals surface area contributed by atoms with Gasteiger partial charge in [0, 0.05) is 12.0 Å². The topological polar surface area (TPSA) is 80.9 Å². The second-order valence-corrected chi connectivity index (χ2v) is 4.99. The standard InChI is InChI=1S/C12H17ClN4O/c13-10-5-11(16-7-15-10)17-12(18)9-4-2-1-3-8(9)6-14/h5,7-9H,1-4,6,14H2,(H,15,16,17,18). The first kappa shape index (κ1) is 13.2. The SMILES string of the molecule is NCC1CCCCC1C(=O)Nc1cc(Cl)ncn1. The van der Waals surface area contributed by atoms with Crippen LogP contribution in [-0.4, -0.2) is 22.4 Å². The molecule has 1 aromatic heterocycles. The number of anilines is 1. The van der Waals surface area contributed by atoms with Crippen LogP contribution in [0.15, 0.2) is 12.4 Å². The Morgan fingerprint density at radius 2 is 2.22 bits per heavy atom. The van der Waals surface area contributed by atoms with Gasteiger partial charge in [0.1, 0.15) is 17.3 Å². The van der Waals surface area contributed by atoms with Crippen molar-refractivity contribution in [3.05, 3.63) is 17.5 Å². The Balaban J connectivity index is 2.02. The molecule has 1 saturated carbocycles. The molecule has 1 heterocycles. The Morgan fingerprint density at radius 1 is 1.44 bits per heavy atom. The maximum Gasteiger partial charge on any atom is 0.228 e. The van der Waals surface area contributed by atoms with Crippen LogP contribution < -0.4 is 11.1 Å². The van der Waals surface area contributed by atoms with Crippen molar-refractivity contribution in [2.24, 2.45) is 17.6 Å². The molecule has 2 unspecified atom stereocenters. The Bertz CT molecular complexity index is 426. The van der Waals surface area contributed by atoms with Crippen molar-refractivity contribution in [2.75, 3.05) is 11.9 Å². The summed E-state index contributed by atoms with van der Waals surface area (Å²) in [5.41, 5.74) is 5.72. The predicted octanol–water partition coefficient (Wildman–Crippen LogP) is 1.83. The predicted molar refractivity (Wildman–Crippen MR) is 70.2 cm³/mol. The largest absolute Gasteiger partial charge is 0.330 e. The van der Waals surface area contributed by atoms with Crippen LogP contribution in [0.5, 0.6) is 0 Å². The molecule has 0 spiro atoms. The molecule has 2 atom stereocenters. The lowest BCUT2D eigenvalue weighted by Gasteiger charge is -2.29. The first-order chi connectivity index (χ1) is 8.70. The van der Waals surface area contributed by atoms with Crippen LogP contribution in [-0.2, 0) is 4.79 Å². The number of rotatable bonds is 3. The zero-order chi connectivity index (χ0) is 13.0. The molecular weight excluding hydrogens is 252 g/mol. The highest BCUT2D eigenvalue weighted by Gasteiger charge is 2.30. The summed E-state index contributed by atoms with van der Waals surface area (Å²) < 4.78 is 0. The van der Waals surface area contributed by atoms with E-state index in [0.717, 1.165) is 25.7 Å². The summed E-state index contributed by atoms with van der Waals surface area (Å²) in [7, 11) is 0. The van der Waals surface area contributed by atoms with Crippen LogP contribution in [0.3, 0.4) is 0 Å². The van der Waals surface area contributed by atoms with Gasteiger partial charge in [-0.05, 0) is 25.3 Å². The normalized spacial score (nSPS) is 23.7. The molecule has 2 rings (SSSR count). The van der Waals surface area contributed by atoms with E-state index in [2.05, 4.69) is 15.3 Å². The van der Waals surface area contributed by atoms with Gasteiger partial charge in [0.2, 0.25) is 5.91 Å². The minimum Gasteiger partial charge on any atom is -0.330 e. The first-order valence-electron chi connectivity index (χ1n) is 6.19. The summed E-state index contributed by atoms with van der Waals surface area (Å²) in [6.45, 7) is 0.558. The third kappa shape index (κ3) is 3.17. The Labute approximate surface area is 111 Å². The van der Waals surface area contributed by atoms with Gasteiger partial charge in [-0.15, -0.1) is 0 Å². The zero-order valence-corrected chi connectivity index (χ0v) is 10.9. The average Bonchev–Trinajstić information content (AvgIpc) is 2.38. The van der Waals surface area contributed by atoms with Gasteiger partial charge in [-0.25, -0.2) is 9.97 Å². The molecule has 5 nitrogen and oxygen atoms in total. The van der Waals surface area contributed by atoms with E-state index in [1.807, 2.05) is 0 Å². The highest BCUT2D eigenvalue weighted by molar-refractivity contribution is 6.29. The van der Waals surface area contributed by atoms with Crippen molar-refractivity contribution >= 4 is 23.3 Å². The second-order valence-electron chi connectivity index (χ2n) is 4.60. The molecule has 1 aliphatic carbocycles. The van der Waals surface area contributed by atoms with Crippen LogP contribution >= 0.6 is 11.6 Å². The van der Waals surface area contributed by atoms with Gasteiger partial charge in [-0.3, -0.25) is 4.79 Å². The van der Waals surface area contributed by atoms with Crippen molar-refractivity contribution in [3.8, 4) is 0 Å². The summed E-state index contributed by atoms with van der Waals surface area (Å²) in [6.07, 6.45) is 5.50. The van der Waals surface area contributed by atoms with Crippen molar-refractivity contribution < 1.29 is 4.79 Å². The second kappa shape index (κ2) is 6.11. The highest BCUT2D eigenvalue weighted by Crippen LogP contribution is 2.30. The minimum atomic E-state index is -0.0162. The maximum absolute atomic E-state index is 12.2. The molecule has 6 heteroatoms. The lowest BCUT2D eigenvalue weighted by Crippen LogP contribution is -2.35. The van der Waals surface area contributed by atoms with Gasteiger partial charge in [0.15, 0.2) is 0 Å². The molecule has 0 radical (unpaired) electrons. The van der Waals surface area contributed by atoms with Gasteiger partial charge < -0.3 is 11.1 Å². The summed E-state index contributed by atoms with van der Waals surface area (Å²) in [5, 5.41) is 3.11. The van der Waals surface area contributed by atoms with E-state index < -0.39 is 0 Å². The fraction of sp³-hybridized carbons (Fsp3) is 0.583. The van der Waals surface area contributed by atoms with E-state index >= 15 is 0 Å². The number of hydrogen-bond donors (Lipinski definition) is 2. The molecule has 0 aromatic carbocycles. The first-order valence-corrected chi connectivity index (χ1v) is 6.57. The van der Waals surface area contributed by atoms with E-state index in [1.165, 1.54) is 6.33 Å². The molecule has 3 N–H and O–H groups in total. The van der Waals surface area contributed by atoms with E-state index in [4.69, 9.17) is 17.3 Å². The number of nitrogens with one attached hydrogen (secondary N) is 1. The van der Waals surface area contributed by atoms with E-state index in [0.29, 0.717) is 17.5 Å². The third-order valence-corrected chi connectivity index (χ3v) is 3.64. The van der Waals surface area contributed by atoms with Gasteiger partial charge in [0.05, 0.1) is 0 Å². The quantitative estimate of drug-likeness (QED) is 0.820. The monoisotopic (exact) mass is 268 g/mol. The van der Waals surface area contributed by atoms with Crippen LogP contribution in [0, 0.1) is 11.8 Å². The molecule has 0 aliphatic heterocycles. The fourth-order valence-electron chi connectivity index (χ4n) is 2.46. The summed E-state index contributed by atoms with van der Waals surface area (Å²) in [4.78, 5) is 19.9. The average molecular weight is 269 g/mol. The Morgan fingerprint density at radius 3 is 2.94 bits per heavy atom. The van der Waals surface area contributed by atoms with Crippen molar-refractivity contribution in [2.45, 2.75) is 25.7 Å². The molecule has 1 aromatic rings. The van der Waals surface area contributed by atoms with Gasteiger partial charge >= 0.3 is 0 Å². The van der Waals surface area contributed by atoms with Crippen molar-refractivity contribution in [1.82, 2.24) is 9.97 Å². The number of amides is 1. The Hall–Kier alpha value is -1.20. The van der Waals surface area contributed by atoms with E-state index in [9.17, 15) is 4.79 Å². The summed E-state index contributed by atoms with van der Waals surface area (Å²) in [6, 6.07) is 1.54. The van der Waals surface area contributed by atoms with E-state index in [-0.39, 0.29) is 17.7 Å². The number of nitrogens with zero attached hydrogens (tertiary/aromatic N) is 2. The number of aromatic nitrogens is 2. The van der Waals surface area contributed by atoms with Crippen LogP contribution in [0.4, 0.5) is 5.82 Å². The zero-order valence-electron chi connectivity index (χ0n) is 10.1.